The first-order valence-electron chi connectivity index (χ1n) is 10.7. The smallest absolute Gasteiger partial charge is 0.183 e. The number of benzene rings is 2. The lowest BCUT2D eigenvalue weighted by Crippen LogP contribution is -2.48. The van der Waals surface area contributed by atoms with Gasteiger partial charge in [0.1, 0.15) is 0 Å². The molecular formula is C23H29NO6S2. The monoisotopic (exact) mass is 479 g/mol. The van der Waals surface area contributed by atoms with Gasteiger partial charge in [-0.2, -0.15) is 0 Å². The molecule has 174 valence electrons. The molecule has 0 N–H and O–H groups in total. The van der Waals surface area contributed by atoms with Crippen LogP contribution in [-0.4, -0.2) is 65.3 Å². The van der Waals surface area contributed by atoms with E-state index in [9.17, 15) is 16.8 Å². The minimum Gasteiger partial charge on any atom is -0.493 e. The lowest BCUT2D eigenvalue weighted by atomic mass is 9.97. The van der Waals surface area contributed by atoms with Crippen LogP contribution in [0, 0.1) is 0 Å². The van der Waals surface area contributed by atoms with E-state index in [2.05, 4.69) is 0 Å². The van der Waals surface area contributed by atoms with Crippen molar-refractivity contribution in [3.63, 3.8) is 0 Å². The van der Waals surface area contributed by atoms with E-state index in [0.29, 0.717) is 31.0 Å². The van der Waals surface area contributed by atoms with Crippen LogP contribution in [0.5, 0.6) is 11.5 Å². The third-order valence-corrected chi connectivity index (χ3v) is 10.7. The Kier molecular flexibility index (Phi) is 6.26. The summed E-state index contributed by atoms with van der Waals surface area (Å²) in [5.41, 5.74) is 3.15. The first-order chi connectivity index (χ1) is 15.2. The van der Waals surface area contributed by atoms with Gasteiger partial charge in [-0.15, -0.1) is 0 Å². The molecule has 1 fully saturated rings. The highest BCUT2D eigenvalue weighted by Crippen LogP contribution is 2.36. The topological polar surface area (TPSA) is 90.0 Å². The van der Waals surface area contributed by atoms with E-state index in [-0.39, 0.29) is 16.4 Å². The molecule has 2 atom stereocenters. The van der Waals surface area contributed by atoms with Gasteiger partial charge >= 0.3 is 0 Å². The first-order valence-corrected chi connectivity index (χ1v) is 14.1. The number of hydrogen-bond donors (Lipinski definition) is 0. The van der Waals surface area contributed by atoms with E-state index in [4.69, 9.17) is 9.47 Å². The maximum Gasteiger partial charge on any atom is 0.183 e. The van der Waals surface area contributed by atoms with Crippen molar-refractivity contribution in [1.29, 1.82) is 0 Å². The Morgan fingerprint density at radius 3 is 2.22 bits per heavy atom. The quantitative estimate of drug-likeness (QED) is 0.628. The van der Waals surface area contributed by atoms with Crippen LogP contribution in [0.3, 0.4) is 0 Å². The van der Waals surface area contributed by atoms with Crippen LogP contribution in [0.15, 0.2) is 41.3 Å². The number of methoxy groups -OCH3 is 2. The highest BCUT2D eigenvalue weighted by molar-refractivity contribution is 7.96. The normalized spacial score (nSPS) is 23.0. The van der Waals surface area contributed by atoms with Crippen LogP contribution in [-0.2, 0) is 39.1 Å². The molecule has 2 aliphatic rings. The fraction of sp³-hybridized carbons (Fsp3) is 0.478. The van der Waals surface area contributed by atoms with Gasteiger partial charge in [0.05, 0.1) is 35.9 Å². The maximum absolute atomic E-state index is 13.5. The van der Waals surface area contributed by atoms with E-state index in [1.807, 2.05) is 24.0 Å². The number of hydrogen-bond acceptors (Lipinski definition) is 7. The third kappa shape index (κ3) is 4.25. The van der Waals surface area contributed by atoms with Crippen molar-refractivity contribution in [1.82, 2.24) is 4.90 Å². The summed E-state index contributed by atoms with van der Waals surface area (Å²) in [6.07, 6.45) is 1.49. The van der Waals surface area contributed by atoms with Gasteiger partial charge in [-0.3, -0.25) is 4.90 Å². The van der Waals surface area contributed by atoms with Crippen LogP contribution in [0.25, 0.3) is 0 Å². The first kappa shape index (κ1) is 23.1. The molecule has 0 unspecified atom stereocenters. The summed E-state index contributed by atoms with van der Waals surface area (Å²) in [5, 5.41) is -0.985. The molecule has 2 aromatic rings. The molecule has 2 aromatic carbocycles. The summed E-state index contributed by atoms with van der Waals surface area (Å²) >= 11 is 0. The zero-order valence-electron chi connectivity index (χ0n) is 18.6. The summed E-state index contributed by atoms with van der Waals surface area (Å²) in [4.78, 5) is 2.19. The summed E-state index contributed by atoms with van der Waals surface area (Å²) in [5.74, 6) is 0.767. The molecule has 0 saturated carbocycles. The van der Waals surface area contributed by atoms with Crippen molar-refractivity contribution < 1.29 is 26.3 Å². The molecule has 0 bridgehead atoms. The van der Waals surface area contributed by atoms with Crippen molar-refractivity contribution in [3.8, 4) is 11.5 Å². The average Bonchev–Trinajstić information content (AvgIpc) is 3.14. The molecule has 0 amide bonds. The van der Waals surface area contributed by atoms with Crippen LogP contribution in [0.2, 0.25) is 0 Å². The standard InChI is InChI=1S/C23H29NO6S2/c1-4-16-5-7-19(8-6-16)32(27,28)23-15-31(25,26)14-20(23)24-10-9-17-11-21(29-2)22(30-3)12-18(17)13-24/h5-8,11-12,20,23H,4,9-10,13-15H2,1-3H3/t20-,23+/m1/s1. The molecule has 2 heterocycles. The SMILES string of the molecule is CCc1ccc(S(=O)(=O)[C@H]2CS(=O)(=O)C[C@H]2N2CCc3cc(OC)c(OC)cc3C2)cc1. The molecular weight excluding hydrogens is 450 g/mol. The van der Waals surface area contributed by atoms with Crippen LogP contribution >= 0.6 is 0 Å². The molecule has 32 heavy (non-hydrogen) atoms. The summed E-state index contributed by atoms with van der Waals surface area (Å²) in [7, 11) is -4.11. The van der Waals surface area contributed by atoms with E-state index < -0.39 is 31.0 Å². The minimum absolute atomic E-state index is 0.146. The molecule has 1 saturated heterocycles. The van der Waals surface area contributed by atoms with Gasteiger partial charge in [0.2, 0.25) is 0 Å². The molecule has 7 nitrogen and oxygen atoms in total. The van der Waals surface area contributed by atoms with E-state index in [0.717, 1.165) is 23.1 Å². The lowest BCUT2D eigenvalue weighted by molar-refractivity contribution is 0.195. The molecule has 0 aliphatic carbocycles. The Balaban J connectivity index is 1.66. The Morgan fingerprint density at radius 1 is 1.00 bits per heavy atom. The second-order valence-electron chi connectivity index (χ2n) is 8.42. The molecule has 0 radical (unpaired) electrons. The van der Waals surface area contributed by atoms with Gasteiger partial charge in [0.25, 0.3) is 0 Å². The molecule has 2 aliphatic heterocycles. The third-order valence-electron chi connectivity index (χ3n) is 6.55. The number of rotatable bonds is 6. The second-order valence-corrected chi connectivity index (χ2v) is 12.7. The fourth-order valence-electron chi connectivity index (χ4n) is 4.71. The van der Waals surface area contributed by atoms with Crippen molar-refractivity contribution in [3.05, 3.63) is 53.1 Å². The molecule has 9 heteroatoms. The summed E-state index contributed by atoms with van der Waals surface area (Å²) in [6.45, 7) is 3.06. The number of ether oxygens (including phenoxy) is 2. The number of sulfone groups is 2. The van der Waals surface area contributed by atoms with Crippen LogP contribution < -0.4 is 9.47 Å². The lowest BCUT2D eigenvalue weighted by Gasteiger charge is -2.36. The van der Waals surface area contributed by atoms with Gasteiger partial charge < -0.3 is 9.47 Å². The number of aryl methyl sites for hydroxylation is 1. The number of nitrogens with zero attached hydrogens (tertiary/aromatic N) is 1. The predicted molar refractivity (Wildman–Crippen MR) is 123 cm³/mol. The largest absolute Gasteiger partial charge is 0.493 e. The van der Waals surface area contributed by atoms with Gasteiger partial charge in [-0.1, -0.05) is 19.1 Å². The number of fused-ring (bicyclic) bond motifs is 1. The highest BCUT2D eigenvalue weighted by atomic mass is 32.2. The van der Waals surface area contributed by atoms with Crippen LogP contribution in [0.1, 0.15) is 23.6 Å². The van der Waals surface area contributed by atoms with E-state index in [1.54, 1.807) is 38.5 Å². The van der Waals surface area contributed by atoms with Gasteiger partial charge in [0.15, 0.2) is 31.2 Å². The summed E-state index contributed by atoms with van der Waals surface area (Å²) in [6, 6.07) is 10.0. The van der Waals surface area contributed by atoms with Crippen molar-refractivity contribution >= 4 is 19.7 Å². The Labute approximate surface area is 190 Å². The maximum atomic E-state index is 13.5. The molecule has 4 rings (SSSR count). The average molecular weight is 480 g/mol. The van der Waals surface area contributed by atoms with E-state index in [1.165, 1.54) is 0 Å². The minimum atomic E-state index is -3.80. The predicted octanol–water partition coefficient (Wildman–Crippen LogP) is 2.26. The van der Waals surface area contributed by atoms with Gasteiger partial charge in [0, 0.05) is 19.1 Å². The zero-order chi connectivity index (χ0) is 23.1. The van der Waals surface area contributed by atoms with Crippen molar-refractivity contribution in [2.24, 2.45) is 0 Å². The Hall–Kier alpha value is -2.10. The fourth-order valence-corrected chi connectivity index (χ4v) is 9.54. The Bertz CT molecular complexity index is 1210. The van der Waals surface area contributed by atoms with Crippen LogP contribution in [0.4, 0.5) is 0 Å². The van der Waals surface area contributed by atoms with Gasteiger partial charge in [-0.05, 0) is 53.8 Å². The summed E-state index contributed by atoms with van der Waals surface area (Å²) < 4.78 is 62.9. The second kappa shape index (κ2) is 8.68. The molecule has 0 aromatic heterocycles. The van der Waals surface area contributed by atoms with Crippen molar-refractivity contribution in [2.45, 2.75) is 42.5 Å². The van der Waals surface area contributed by atoms with Gasteiger partial charge in [-0.25, -0.2) is 16.8 Å². The van der Waals surface area contributed by atoms with Crippen molar-refractivity contribution in [2.75, 3.05) is 32.3 Å². The molecule has 0 spiro atoms. The Morgan fingerprint density at radius 2 is 1.62 bits per heavy atom. The van der Waals surface area contributed by atoms with E-state index >= 15 is 0 Å². The zero-order valence-corrected chi connectivity index (χ0v) is 20.2. The highest BCUT2D eigenvalue weighted by Gasteiger charge is 2.48.